The van der Waals surface area contributed by atoms with E-state index in [0.717, 1.165) is 36.1 Å². The van der Waals surface area contributed by atoms with Crippen molar-refractivity contribution in [3.05, 3.63) is 34.3 Å². The molecule has 1 heterocycles. The summed E-state index contributed by atoms with van der Waals surface area (Å²) in [4.78, 5) is 0. The molecule has 1 N–H and O–H groups in total. The number of nitrogens with zero attached hydrogens (tertiary/aromatic N) is 2. The van der Waals surface area contributed by atoms with Crippen molar-refractivity contribution in [2.75, 3.05) is 26.8 Å². The molecule has 1 aromatic carbocycles. The number of methoxy groups -OCH3 is 1. The van der Waals surface area contributed by atoms with Crippen molar-refractivity contribution in [3.8, 4) is 10.6 Å². The van der Waals surface area contributed by atoms with Crippen LogP contribution in [0, 0.1) is 0 Å². The van der Waals surface area contributed by atoms with Crippen molar-refractivity contribution in [1.29, 1.82) is 0 Å². The Morgan fingerprint density at radius 1 is 1.19 bits per heavy atom. The van der Waals surface area contributed by atoms with Crippen LogP contribution < -0.4 is 5.32 Å². The Balaban J connectivity index is 1.59. The number of nitrogens with one attached hydrogen (secondary N) is 1. The Hall–Kier alpha value is -1.30. The van der Waals surface area contributed by atoms with Crippen molar-refractivity contribution in [2.24, 2.45) is 0 Å². The topological polar surface area (TPSA) is 47.0 Å². The summed E-state index contributed by atoms with van der Waals surface area (Å²) in [5, 5.41) is 14.1. The van der Waals surface area contributed by atoms with E-state index in [4.69, 9.17) is 4.74 Å². The summed E-state index contributed by atoms with van der Waals surface area (Å²) in [6.07, 6.45) is 4.64. The zero-order chi connectivity index (χ0) is 14.5. The van der Waals surface area contributed by atoms with Crippen LogP contribution in [0.25, 0.3) is 10.6 Å². The van der Waals surface area contributed by atoms with Gasteiger partial charge in [-0.25, -0.2) is 0 Å². The summed E-state index contributed by atoms with van der Waals surface area (Å²) in [5.74, 6) is 0. The van der Waals surface area contributed by atoms with Gasteiger partial charge in [0, 0.05) is 32.2 Å². The minimum atomic E-state index is 0.747. The number of ether oxygens (including phenoxy) is 1. The number of hydrogen-bond donors (Lipinski definition) is 1. The number of aromatic nitrogens is 2. The van der Waals surface area contributed by atoms with Gasteiger partial charge in [-0.05, 0) is 36.5 Å². The monoisotopic (exact) mass is 303 g/mol. The van der Waals surface area contributed by atoms with E-state index in [1.54, 1.807) is 18.4 Å². The van der Waals surface area contributed by atoms with Crippen LogP contribution in [0.1, 0.15) is 22.6 Å². The van der Waals surface area contributed by atoms with Gasteiger partial charge in [-0.15, -0.1) is 10.2 Å². The molecule has 0 atom stereocenters. The van der Waals surface area contributed by atoms with Crippen LogP contribution in [0.3, 0.4) is 0 Å². The fourth-order valence-electron chi connectivity index (χ4n) is 2.67. The second-order valence-corrected chi connectivity index (χ2v) is 6.39. The standard InChI is InChI=1S/C16H21N3OS/c1-20-10-9-17-8-7-15-18-19-16(21-15)14-6-5-12-3-2-4-13(12)11-14/h5-6,11,17H,2-4,7-10H2,1H3. The van der Waals surface area contributed by atoms with Gasteiger partial charge in [-0.2, -0.15) is 0 Å². The maximum atomic E-state index is 5.00. The summed E-state index contributed by atoms with van der Waals surface area (Å²) in [6.45, 7) is 2.55. The fraction of sp³-hybridized carbons (Fsp3) is 0.500. The largest absolute Gasteiger partial charge is 0.383 e. The van der Waals surface area contributed by atoms with Crippen molar-refractivity contribution >= 4 is 11.3 Å². The van der Waals surface area contributed by atoms with Gasteiger partial charge in [0.2, 0.25) is 0 Å². The first kappa shape index (κ1) is 14.6. The number of benzene rings is 1. The second-order valence-electron chi connectivity index (χ2n) is 5.33. The van der Waals surface area contributed by atoms with Crippen LogP contribution in [0.15, 0.2) is 18.2 Å². The molecule has 0 saturated carbocycles. The van der Waals surface area contributed by atoms with Crippen LogP contribution in [0.2, 0.25) is 0 Å². The number of hydrogen-bond acceptors (Lipinski definition) is 5. The van der Waals surface area contributed by atoms with Gasteiger partial charge >= 0.3 is 0 Å². The van der Waals surface area contributed by atoms with Gasteiger partial charge in [0.25, 0.3) is 0 Å². The fourth-order valence-corrected chi connectivity index (χ4v) is 3.51. The Kier molecular flexibility index (Phi) is 4.95. The van der Waals surface area contributed by atoms with Crippen molar-refractivity contribution < 1.29 is 4.74 Å². The molecule has 0 unspecified atom stereocenters. The summed E-state index contributed by atoms with van der Waals surface area (Å²) in [6, 6.07) is 6.74. The van der Waals surface area contributed by atoms with E-state index in [2.05, 4.69) is 33.7 Å². The van der Waals surface area contributed by atoms with Gasteiger partial charge in [-0.1, -0.05) is 23.5 Å². The summed E-state index contributed by atoms with van der Waals surface area (Å²) in [5.41, 5.74) is 4.21. The number of fused-ring (bicyclic) bond motifs is 1. The Labute approximate surface area is 129 Å². The number of rotatable bonds is 7. The van der Waals surface area contributed by atoms with Crippen LogP contribution in [0.4, 0.5) is 0 Å². The molecule has 0 amide bonds. The third-order valence-corrected chi connectivity index (χ3v) is 4.84. The highest BCUT2D eigenvalue weighted by Crippen LogP contribution is 2.29. The molecule has 0 spiro atoms. The summed E-state index contributed by atoms with van der Waals surface area (Å²) >= 11 is 1.70. The molecule has 112 valence electrons. The van der Waals surface area contributed by atoms with E-state index in [9.17, 15) is 0 Å². The van der Waals surface area contributed by atoms with E-state index >= 15 is 0 Å². The molecule has 21 heavy (non-hydrogen) atoms. The zero-order valence-electron chi connectivity index (χ0n) is 12.4. The van der Waals surface area contributed by atoms with Crippen LogP contribution >= 0.6 is 11.3 Å². The molecule has 1 aromatic heterocycles. The molecule has 2 aromatic rings. The number of aryl methyl sites for hydroxylation is 2. The second kappa shape index (κ2) is 7.11. The van der Waals surface area contributed by atoms with E-state index in [1.165, 1.54) is 36.0 Å². The average molecular weight is 303 g/mol. The maximum Gasteiger partial charge on any atom is 0.147 e. The summed E-state index contributed by atoms with van der Waals surface area (Å²) < 4.78 is 5.00. The zero-order valence-corrected chi connectivity index (χ0v) is 13.2. The molecule has 3 rings (SSSR count). The maximum absolute atomic E-state index is 5.00. The van der Waals surface area contributed by atoms with Gasteiger partial charge in [-0.3, -0.25) is 0 Å². The minimum Gasteiger partial charge on any atom is -0.383 e. The molecule has 0 fully saturated rings. The molecule has 1 aliphatic rings. The Morgan fingerprint density at radius 2 is 2.10 bits per heavy atom. The Bertz CT molecular complexity index is 597. The minimum absolute atomic E-state index is 0.747. The van der Waals surface area contributed by atoms with E-state index in [-0.39, 0.29) is 0 Å². The van der Waals surface area contributed by atoms with Gasteiger partial charge in [0.15, 0.2) is 0 Å². The first-order chi connectivity index (χ1) is 10.4. The molecule has 0 bridgehead atoms. The molecular weight excluding hydrogens is 282 g/mol. The molecule has 1 aliphatic carbocycles. The highest BCUT2D eigenvalue weighted by atomic mass is 32.1. The lowest BCUT2D eigenvalue weighted by molar-refractivity contribution is 0.199. The molecule has 5 heteroatoms. The SMILES string of the molecule is COCCNCCc1nnc(-c2ccc3c(c2)CCC3)s1. The predicted molar refractivity (Wildman–Crippen MR) is 85.8 cm³/mol. The van der Waals surface area contributed by atoms with E-state index in [1.807, 2.05) is 0 Å². The van der Waals surface area contributed by atoms with Crippen LogP contribution in [-0.4, -0.2) is 37.0 Å². The van der Waals surface area contributed by atoms with Crippen LogP contribution in [-0.2, 0) is 24.0 Å². The van der Waals surface area contributed by atoms with Crippen molar-refractivity contribution in [3.63, 3.8) is 0 Å². The smallest absolute Gasteiger partial charge is 0.147 e. The average Bonchev–Trinajstić information content (AvgIpc) is 3.15. The van der Waals surface area contributed by atoms with Gasteiger partial charge < -0.3 is 10.1 Å². The molecule has 0 radical (unpaired) electrons. The van der Waals surface area contributed by atoms with Gasteiger partial charge in [0.05, 0.1) is 6.61 Å². The highest BCUT2D eigenvalue weighted by molar-refractivity contribution is 7.14. The quantitative estimate of drug-likeness (QED) is 0.798. The predicted octanol–water partition coefficient (Wildman–Crippen LogP) is 2.47. The van der Waals surface area contributed by atoms with E-state index in [0.29, 0.717) is 0 Å². The van der Waals surface area contributed by atoms with Gasteiger partial charge in [0.1, 0.15) is 10.0 Å². The lowest BCUT2D eigenvalue weighted by Gasteiger charge is -2.01. The lowest BCUT2D eigenvalue weighted by atomic mass is 10.1. The van der Waals surface area contributed by atoms with E-state index < -0.39 is 0 Å². The molecule has 4 nitrogen and oxygen atoms in total. The van der Waals surface area contributed by atoms with Crippen LogP contribution in [0.5, 0.6) is 0 Å². The van der Waals surface area contributed by atoms with Crippen molar-refractivity contribution in [1.82, 2.24) is 15.5 Å². The van der Waals surface area contributed by atoms with Crippen molar-refractivity contribution in [2.45, 2.75) is 25.7 Å². The summed E-state index contributed by atoms with van der Waals surface area (Å²) in [7, 11) is 1.72. The third-order valence-electron chi connectivity index (χ3n) is 3.81. The normalized spacial score (nSPS) is 13.6. The third kappa shape index (κ3) is 3.67. The Morgan fingerprint density at radius 3 is 3.00 bits per heavy atom. The lowest BCUT2D eigenvalue weighted by Crippen LogP contribution is -2.21. The first-order valence-electron chi connectivity index (χ1n) is 7.51. The molecule has 0 saturated heterocycles. The molecular formula is C16H21N3OS. The first-order valence-corrected chi connectivity index (χ1v) is 8.32. The highest BCUT2D eigenvalue weighted by Gasteiger charge is 2.13. The molecule has 0 aliphatic heterocycles.